The van der Waals surface area contributed by atoms with Crippen molar-refractivity contribution >= 4 is 23.4 Å². The first-order valence-corrected chi connectivity index (χ1v) is 10.0. The Bertz CT molecular complexity index is 974. The number of nitrogens with zero attached hydrogens (tertiary/aromatic N) is 2. The Morgan fingerprint density at radius 1 is 0.828 bits per heavy atom. The number of amides is 3. The van der Waals surface area contributed by atoms with Gasteiger partial charge in [0.15, 0.2) is 0 Å². The lowest BCUT2D eigenvalue weighted by atomic mass is 9.71. The lowest BCUT2D eigenvalue weighted by molar-refractivity contribution is -0.127. The minimum atomic E-state index is -0.441. The van der Waals surface area contributed by atoms with Crippen LogP contribution in [0.15, 0.2) is 48.5 Å². The molecule has 6 heteroatoms. The van der Waals surface area contributed by atoms with Gasteiger partial charge in [-0.3, -0.25) is 19.3 Å². The van der Waals surface area contributed by atoms with E-state index in [1.165, 1.54) is 17.0 Å². The summed E-state index contributed by atoms with van der Waals surface area (Å²) in [5.74, 6) is -0.698. The van der Waals surface area contributed by atoms with Crippen LogP contribution >= 0.6 is 0 Å². The Hall–Kier alpha value is -3.02. The zero-order chi connectivity index (χ0) is 20.2. The van der Waals surface area contributed by atoms with Crippen LogP contribution in [0.1, 0.15) is 52.8 Å². The number of benzene rings is 2. The quantitative estimate of drug-likeness (QED) is 0.731. The fourth-order valence-electron chi connectivity index (χ4n) is 5.10. The third kappa shape index (κ3) is 2.69. The molecule has 2 aromatic carbocycles. The van der Waals surface area contributed by atoms with E-state index < -0.39 is 5.41 Å². The van der Waals surface area contributed by atoms with Crippen molar-refractivity contribution in [1.29, 1.82) is 0 Å². The van der Waals surface area contributed by atoms with E-state index in [-0.39, 0.29) is 29.6 Å². The van der Waals surface area contributed by atoms with Gasteiger partial charge in [0.05, 0.1) is 16.5 Å². The number of fused-ring (bicyclic) bond motifs is 1. The Morgan fingerprint density at radius 2 is 1.41 bits per heavy atom. The van der Waals surface area contributed by atoms with Gasteiger partial charge in [0.1, 0.15) is 5.82 Å². The standard InChI is InChI=1S/C23H21FN2O3/c24-15-5-7-16(8-6-15)25-14-13-23(22(25)29)11-9-17(10-12-23)26-20(27)18-3-1-2-4-19(18)21(26)28/h1-8,17H,9-14H2. The molecule has 0 aromatic heterocycles. The van der Waals surface area contributed by atoms with E-state index >= 15 is 0 Å². The first-order valence-electron chi connectivity index (χ1n) is 10.0. The van der Waals surface area contributed by atoms with Crippen molar-refractivity contribution in [1.82, 2.24) is 4.90 Å². The molecule has 0 N–H and O–H groups in total. The second kappa shape index (κ2) is 6.51. The van der Waals surface area contributed by atoms with Crippen molar-refractivity contribution in [3.8, 4) is 0 Å². The summed E-state index contributed by atoms with van der Waals surface area (Å²) >= 11 is 0. The van der Waals surface area contributed by atoms with Crippen molar-refractivity contribution in [3.63, 3.8) is 0 Å². The molecule has 2 fully saturated rings. The number of carbonyl (C=O) groups excluding carboxylic acids is 3. The molecule has 2 aliphatic heterocycles. The van der Waals surface area contributed by atoms with E-state index in [0.717, 1.165) is 12.1 Å². The molecule has 2 heterocycles. The molecular formula is C23H21FN2O3. The number of hydrogen-bond acceptors (Lipinski definition) is 3. The summed E-state index contributed by atoms with van der Waals surface area (Å²) in [5, 5.41) is 0. The maximum Gasteiger partial charge on any atom is 0.261 e. The van der Waals surface area contributed by atoms with Gasteiger partial charge in [0.2, 0.25) is 5.91 Å². The SMILES string of the molecule is O=C1c2ccccc2C(=O)N1C1CCC2(CC1)CCN(c1ccc(F)cc1)C2=O. The molecule has 1 spiro atoms. The van der Waals surface area contributed by atoms with Gasteiger partial charge in [-0.05, 0) is 68.5 Å². The van der Waals surface area contributed by atoms with Crippen LogP contribution in [0.25, 0.3) is 0 Å². The third-order valence-electron chi connectivity index (χ3n) is 6.75. The zero-order valence-corrected chi connectivity index (χ0v) is 15.9. The molecule has 5 rings (SSSR count). The van der Waals surface area contributed by atoms with E-state index in [0.29, 0.717) is 43.4 Å². The average Bonchev–Trinajstić information content (AvgIpc) is 3.19. The van der Waals surface area contributed by atoms with Crippen LogP contribution in [0.5, 0.6) is 0 Å². The number of rotatable bonds is 2. The maximum atomic E-state index is 13.2. The zero-order valence-electron chi connectivity index (χ0n) is 15.9. The molecule has 0 atom stereocenters. The monoisotopic (exact) mass is 392 g/mol. The minimum Gasteiger partial charge on any atom is -0.312 e. The van der Waals surface area contributed by atoms with Crippen molar-refractivity contribution < 1.29 is 18.8 Å². The van der Waals surface area contributed by atoms with Crippen molar-refractivity contribution in [2.45, 2.75) is 38.1 Å². The predicted molar refractivity (Wildman–Crippen MR) is 105 cm³/mol. The Labute approximate surface area is 168 Å². The average molecular weight is 392 g/mol. The highest BCUT2D eigenvalue weighted by atomic mass is 19.1. The molecule has 3 amide bonds. The maximum absolute atomic E-state index is 13.2. The second-order valence-corrected chi connectivity index (χ2v) is 8.22. The molecule has 1 saturated heterocycles. The summed E-state index contributed by atoms with van der Waals surface area (Å²) in [5.41, 5.74) is 1.22. The van der Waals surface area contributed by atoms with Gasteiger partial charge in [0, 0.05) is 18.3 Å². The van der Waals surface area contributed by atoms with Crippen LogP contribution < -0.4 is 4.90 Å². The van der Waals surface area contributed by atoms with Gasteiger partial charge < -0.3 is 4.90 Å². The Morgan fingerprint density at radius 3 is 2.00 bits per heavy atom. The summed E-state index contributed by atoms with van der Waals surface area (Å²) in [7, 11) is 0. The van der Waals surface area contributed by atoms with E-state index in [9.17, 15) is 18.8 Å². The van der Waals surface area contributed by atoms with E-state index in [1.54, 1.807) is 41.3 Å². The molecule has 0 bridgehead atoms. The highest BCUT2D eigenvalue weighted by Gasteiger charge is 2.51. The van der Waals surface area contributed by atoms with Gasteiger partial charge in [0.25, 0.3) is 11.8 Å². The summed E-state index contributed by atoms with van der Waals surface area (Å²) < 4.78 is 13.2. The predicted octanol–water partition coefficient (Wildman–Crippen LogP) is 3.79. The van der Waals surface area contributed by atoms with Gasteiger partial charge in [-0.1, -0.05) is 12.1 Å². The highest BCUT2D eigenvalue weighted by molar-refractivity contribution is 6.21. The van der Waals surface area contributed by atoms with Crippen LogP contribution in [0, 0.1) is 11.2 Å². The fraction of sp³-hybridized carbons (Fsp3) is 0.348. The number of carbonyl (C=O) groups is 3. The molecule has 148 valence electrons. The van der Waals surface area contributed by atoms with E-state index in [2.05, 4.69) is 0 Å². The largest absolute Gasteiger partial charge is 0.312 e. The summed E-state index contributed by atoms with van der Waals surface area (Å²) in [4.78, 5) is 41.8. The molecular weight excluding hydrogens is 371 g/mol. The minimum absolute atomic E-state index is 0.0740. The van der Waals surface area contributed by atoms with Crippen molar-refractivity contribution in [3.05, 3.63) is 65.5 Å². The molecule has 0 radical (unpaired) electrons. The number of halogens is 1. The van der Waals surface area contributed by atoms with Crippen molar-refractivity contribution in [2.24, 2.45) is 5.41 Å². The van der Waals surface area contributed by atoms with Crippen LogP contribution in [0.3, 0.4) is 0 Å². The third-order valence-corrected chi connectivity index (χ3v) is 6.75. The number of imide groups is 1. The Balaban J connectivity index is 1.31. The summed E-state index contributed by atoms with van der Waals surface area (Å²) in [6.07, 6.45) is 3.32. The molecule has 5 nitrogen and oxygen atoms in total. The molecule has 3 aliphatic rings. The highest BCUT2D eigenvalue weighted by Crippen LogP contribution is 2.47. The Kier molecular flexibility index (Phi) is 4.05. The van der Waals surface area contributed by atoms with Crippen LogP contribution in [-0.4, -0.2) is 35.2 Å². The number of anilines is 1. The van der Waals surface area contributed by atoms with Gasteiger partial charge >= 0.3 is 0 Å². The molecule has 0 unspecified atom stereocenters. The normalized spacial score (nSPS) is 26.5. The molecule has 1 saturated carbocycles. The van der Waals surface area contributed by atoms with Crippen LogP contribution in [0.2, 0.25) is 0 Å². The molecule has 1 aliphatic carbocycles. The first-order chi connectivity index (χ1) is 14.0. The first kappa shape index (κ1) is 18.0. The van der Waals surface area contributed by atoms with E-state index in [1.807, 2.05) is 0 Å². The molecule has 29 heavy (non-hydrogen) atoms. The summed E-state index contributed by atoms with van der Waals surface area (Å²) in [6.45, 7) is 0.613. The fourth-order valence-corrected chi connectivity index (χ4v) is 5.10. The lowest BCUT2D eigenvalue weighted by Gasteiger charge is -2.38. The topological polar surface area (TPSA) is 57.7 Å². The van der Waals surface area contributed by atoms with Crippen molar-refractivity contribution in [2.75, 3.05) is 11.4 Å². The number of hydrogen-bond donors (Lipinski definition) is 0. The van der Waals surface area contributed by atoms with E-state index in [4.69, 9.17) is 0 Å². The van der Waals surface area contributed by atoms with Crippen LogP contribution in [0.4, 0.5) is 10.1 Å². The lowest BCUT2D eigenvalue weighted by Crippen LogP contribution is -2.46. The van der Waals surface area contributed by atoms with Crippen LogP contribution in [-0.2, 0) is 4.79 Å². The van der Waals surface area contributed by atoms with Gasteiger partial charge in [-0.15, -0.1) is 0 Å². The van der Waals surface area contributed by atoms with Gasteiger partial charge in [-0.2, -0.15) is 0 Å². The second-order valence-electron chi connectivity index (χ2n) is 8.22. The molecule has 2 aromatic rings. The summed E-state index contributed by atoms with van der Waals surface area (Å²) in [6, 6.07) is 12.8. The van der Waals surface area contributed by atoms with Gasteiger partial charge in [-0.25, -0.2) is 4.39 Å². The smallest absolute Gasteiger partial charge is 0.261 e.